The van der Waals surface area contributed by atoms with Gasteiger partial charge >= 0.3 is 0 Å². The molecule has 2 aromatic carbocycles. The lowest BCUT2D eigenvalue weighted by atomic mass is 10.0. The van der Waals surface area contributed by atoms with Gasteiger partial charge in [0, 0.05) is 17.8 Å². The third-order valence-electron chi connectivity index (χ3n) is 4.83. The number of benzene rings is 2. The third-order valence-corrected chi connectivity index (χ3v) is 5.99. The van der Waals surface area contributed by atoms with Crippen LogP contribution in [0.1, 0.15) is 34.0 Å². The largest absolute Gasteiger partial charge is 0.356 e. The van der Waals surface area contributed by atoms with Crippen molar-refractivity contribution in [3.05, 3.63) is 63.6 Å². The molecule has 0 bridgehead atoms. The maximum atomic E-state index is 12.3. The van der Waals surface area contributed by atoms with E-state index in [9.17, 15) is 4.79 Å². The van der Waals surface area contributed by atoms with E-state index < -0.39 is 0 Å². The van der Waals surface area contributed by atoms with E-state index in [0.717, 1.165) is 47.9 Å². The number of hydrogen-bond acceptors (Lipinski definition) is 4. The molecule has 1 amide bonds. The topological polar surface area (TPSA) is 45.2 Å². The van der Waals surface area contributed by atoms with Gasteiger partial charge in [0.05, 0.1) is 17.1 Å². The summed E-state index contributed by atoms with van der Waals surface area (Å²) in [5, 5.41) is 6.63. The van der Waals surface area contributed by atoms with Crippen molar-refractivity contribution in [2.24, 2.45) is 0 Å². The van der Waals surface area contributed by atoms with E-state index in [0.29, 0.717) is 6.42 Å². The lowest BCUT2D eigenvalue weighted by Crippen LogP contribution is -2.26. The van der Waals surface area contributed by atoms with Gasteiger partial charge in [-0.25, -0.2) is 4.98 Å². The van der Waals surface area contributed by atoms with Crippen LogP contribution in [0, 0.1) is 6.92 Å². The minimum absolute atomic E-state index is 0.0910. The molecule has 0 saturated heterocycles. The number of fused-ring (bicyclic) bond motifs is 1. The normalized spacial score (nSPS) is 11.3. The number of unbranched alkanes of at least 4 members (excludes halogenated alkanes) is 1. The molecule has 0 saturated carbocycles. The zero-order valence-corrected chi connectivity index (χ0v) is 17.8. The van der Waals surface area contributed by atoms with Crippen LogP contribution in [-0.2, 0) is 17.6 Å². The van der Waals surface area contributed by atoms with Crippen LogP contribution in [0.2, 0.25) is 0 Å². The highest BCUT2D eigenvalue weighted by Gasteiger charge is 2.13. The molecule has 0 atom stereocenters. The van der Waals surface area contributed by atoms with Crippen LogP contribution in [0.25, 0.3) is 10.8 Å². The lowest BCUT2D eigenvalue weighted by Gasteiger charge is -2.09. The number of amides is 1. The molecule has 1 heterocycles. The molecule has 1 aromatic heterocycles. The Morgan fingerprint density at radius 3 is 2.71 bits per heavy atom. The Morgan fingerprint density at radius 1 is 1.11 bits per heavy atom. The molecule has 0 unspecified atom stereocenters. The van der Waals surface area contributed by atoms with Crippen LogP contribution in [0.5, 0.6) is 0 Å². The van der Waals surface area contributed by atoms with E-state index in [1.165, 1.54) is 16.3 Å². The summed E-state index contributed by atoms with van der Waals surface area (Å²) in [6.45, 7) is 3.80. The second-order valence-electron chi connectivity index (χ2n) is 7.47. The molecule has 148 valence electrons. The molecule has 1 N–H and O–H groups in total. The molecular weight excluding hydrogens is 366 g/mol. The molecule has 3 rings (SSSR count). The van der Waals surface area contributed by atoms with Gasteiger partial charge in [-0.15, -0.1) is 11.3 Å². The summed E-state index contributed by atoms with van der Waals surface area (Å²) in [7, 11) is 4.14. The van der Waals surface area contributed by atoms with Crippen molar-refractivity contribution in [1.29, 1.82) is 0 Å². The first-order valence-corrected chi connectivity index (χ1v) is 10.7. The second kappa shape index (κ2) is 9.80. The van der Waals surface area contributed by atoms with Crippen molar-refractivity contribution in [2.75, 3.05) is 27.2 Å². The average Bonchev–Trinajstić information content (AvgIpc) is 3.00. The first-order valence-electron chi connectivity index (χ1n) is 9.86. The molecular formula is C23H29N3OS. The Bertz CT molecular complexity index is 927. The molecule has 0 radical (unpaired) electrons. The smallest absolute Gasteiger partial charge is 0.225 e. The standard InChI is InChI=1S/C23H29N3OS/c1-17-21(16-22(27)24-13-6-7-14-26(2)3)28-23(25-17)15-19-11-8-10-18-9-4-5-12-20(18)19/h4-5,8-12H,6-7,13-16H2,1-3H3,(H,24,27). The zero-order chi connectivity index (χ0) is 19.9. The van der Waals surface area contributed by atoms with Crippen molar-refractivity contribution < 1.29 is 4.79 Å². The molecule has 28 heavy (non-hydrogen) atoms. The average molecular weight is 396 g/mol. The SMILES string of the molecule is Cc1nc(Cc2cccc3ccccc23)sc1CC(=O)NCCCCN(C)C. The van der Waals surface area contributed by atoms with Gasteiger partial charge in [-0.3, -0.25) is 4.79 Å². The summed E-state index contributed by atoms with van der Waals surface area (Å²) in [5.41, 5.74) is 2.26. The van der Waals surface area contributed by atoms with Gasteiger partial charge in [-0.1, -0.05) is 42.5 Å². The van der Waals surface area contributed by atoms with Crippen LogP contribution < -0.4 is 5.32 Å². The Hall–Kier alpha value is -2.24. The number of rotatable bonds is 9. The van der Waals surface area contributed by atoms with Crippen molar-refractivity contribution in [2.45, 2.75) is 32.6 Å². The Morgan fingerprint density at radius 2 is 1.89 bits per heavy atom. The van der Waals surface area contributed by atoms with Gasteiger partial charge in [0.15, 0.2) is 0 Å². The Labute approximate surface area is 171 Å². The number of thiazole rings is 1. The third kappa shape index (κ3) is 5.63. The predicted molar refractivity (Wildman–Crippen MR) is 118 cm³/mol. The van der Waals surface area contributed by atoms with Crippen LogP contribution in [0.4, 0.5) is 0 Å². The summed E-state index contributed by atoms with van der Waals surface area (Å²) in [4.78, 5) is 20.2. The molecule has 0 fully saturated rings. The number of aryl methyl sites for hydroxylation is 1. The number of hydrogen-bond donors (Lipinski definition) is 1. The van der Waals surface area contributed by atoms with Gasteiger partial charge in [-0.2, -0.15) is 0 Å². The first kappa shape index (κ1) is 20.5. The highest BCUT2D eigenvalue weighted by atomic mass is 32.1. The maximum absolute atomic E-state index is 12.3. The Balaban J connectivity index is 1.58. The fourth-order valence-corrected chi connectivity index (χ4v) is 4.42. The summed E-state index contributed by atoms with van der Waals surface area (Å²) in [5.74, 6) is 0.0910. The molecule has 0 aliphatic heterocycles. The fourth-order valence-electron chi connectivity index (χ4n) is 3.33. The van der Waals surface area contributed by atoms with E-state index in [1.54, 1.807) is 11.3 Å². The van der Waals surface area contributed by atoms with Gasteiger partial charge in [0.2, 0.25) is 5.91 Å². The van der Waals surface area contributed by atoms with Crippen molar-refractivity contribution in [3.8, 4) is 0 Å². The van der Waals surface area contributed by atoms with Crippen LogP contribution >= 0.6 is 11.3 Å². The highest BCUT2D eigenvalue weighted by molar-refractivity contribution is 7.11. The van der Waals surface area contributed by atoms with Gasteiger partial charge < -0.3 is 10.2 Å². The van der Waals surface area contributed by atoms with Crippen LogP contribution in [0.15, 0.2) is 42.5 Å². The molecule has 0 aliphatic carbocycles. The van der Waals surface area contributed by atoms with Gasteiger partial charge in [0.1, 0.15) is 0 Å². The van der Waals surface area contributed by atoms with E-state index in [-0.39, 0.29) is 5.91 Å². The maximum Gasteiger partial charge on any atom is 0.225 e. The predicted octanol–water partition coefficient (Wildman–Crippen LogP) is 4.20. The number of nitrogens with one attached hydrogen (secondary N) is 1. The zero-order valence-electron chi connectivity index (χ0n) is 17.0. The molecule has 4 nitrogen and oxygen atoms in total. The van der Waals surface area contributed by atoms with Crippen molar-refractivity contribution in [3.63, 3.8) is 0 Å². The minimum atomic E-state index is 0.0910. The number of carbonyl (C=O) groups is 1. The highest BCUT2D eigenvalue weighted by Crippen LogP contribution is 2.25. The van der Waals surface area contributed by atoms with E-state index in [4.69, 9.17) is 4.98 Å². The minimum Gasteiger partial charge on any atom is -0.356 e. The van der Waals surface area contributed by atoms with Gasteiger partial charge in [0.25, 0.3) is 0 Å². The number of aromatic nitrogens is 1. The van der Waals surface area contributed by atoms with Crippen LogP contribution in [-0.4, -0.2) is 43.0 Å². The summed E-state index contributed by atoms with van der Waals surface area (Å²) in [6.07, 6.45) is 3.34. The van der Waals surface area contributed by atoms with Crippen molar-refractivity contribution >= 4 is 28.0 Å². The van der Waals surface area contributed by atoms with E-state index >= 15 is 0 Å². The monoisotopic (exact) mass is 395 g/mol. The fraction of sp³-hybridized carbons (Fsp3) is 0.391. The molecule has 0 aliphatic rings. The first-order chi connectivity index (χ1) is 13.5. The number of nitrogens with zero attached hydrogens (tertiary/aromatic N) is 2. The van der Waals surface area contributed by atoms with Gasteiger partial charge in [-0.05, 0) is 56.7 Å². The van der Waals surface area contributed by atoms with E-state index in [1.807, 2.05) is 6.92 Å². The van der Waals surface area contributed by atoms with Crippen molar-refractivity contribution in [1.82, 2.24) is 15.2 Å². The molecule has 5 heteroatoms. The Kier molecular flexibility index (Phi) is 7.18. The summed E-state index contributed by atoms with van der Waals surface area (Å²) in [6, 6.07) is 14.8. The quantitative estimate of drug-likeness (QED) is 0.553. The molecule has 3 aromatic rings. The lowest BCUT2D eigenvalue weighted by molar-refractivity contribution is -0.120. The number of carbonyl (C=O) groups excluding carboxylic acids is 1. The summed E-state index contributed by atoms with van der Waals surface area (Å²) < 4.78 is 0. The molecule has 0 spiro atoms. The summed E-state index contributed by atoms with van der Waals surface area (Å²) >= 11 is 1.66. The van der Waals surface area contributed by atoms with Crippen LogP contribution in [0.3, 0.4) is 0 Å². The second-order valence-corrected chi connectivity index (χ2v) is 8.64. The van der Waals surface area contributed by atoms with E-state index in [2.05, 4.69) is 66.8 Å².